The summed E-state index contributed by atoms with van der Waals surface area (Å²) >= 11 is 12.5. The third-order valence-corrected chi connectivity index (χ3v) is 5.30. The van der Waals surface area contributed by atoms with E-state index in [-0.39, 0.29) is 0 Å². The van der Waals surface area contributed by atoms with Crippen LogP contribution in [-0.4, -0.2) is 15.7 Å². The van der Waals surface area contributed by atoms with Gasteiger partial charge in [0.2, 0.25) is 0 Å². The SMILES string of the molecule is CCCC(CC)Nc1c(CC)nn2c(-c3ccc(Cl)cc3Cl)cccc12. The van der Waals surface area contributed by atoms with E-state index >= 15 is 0 Å². The van der Waals surface area contributed by atoms with Crippen LogP contribution in [0.3, 0.4) is 0 Å². The van der Waals surface area contributed by atoms with E-state index in [1.807, 2.05) is 22.7 Å². The van der Waals surface area contributed by atoms with Gasteiger partial charge in [0.15, 0.2) is 0 Å². The number of hydrogen-bond acceptors (Lipinski definition) is 2. The molecule has 0 aliphatic rings. The zero-order chi connectivity index (χ0) is 18.7. The van der Waals surface area contributed by atoms with Crippen LogP contribution in [0.15, 0.2) is 36.4 Å². The molecule has 0 saturated heterocycles. The Morgan fingerprint density at radius 3 is 2.58 bits per heavy atom. The van der Waals surface area contributed by atoms with E-state index in [9.17, 15) is 0 Å². The monoisotopic (exact) mass is 389 g/mol. The highest BCUT2D eigenvalue weighted by molar-refractivity contribution is 6.36. The second kappa shape index (κ2) is 8.32. The van der Waals surface area contributed by atoms with Crippen LogP contribution in [0.2, 0.25) is 10.0 Å². The summed E-state index contributed by atoms with van der Waals surface area (Å²) in [7, 11) is 0. The van der Waals surface area contributed by atoms with E-state index < -0.39 is 0 Å². The molecule has 5 heteroatoms. The lowest BCUT2D eigenvalue weighted by Gasteiger charge is -2.17. The molecule has 2 heterocycles. The molecule has 26 heavy (non-hydrogen) atoms. The predicted octanol–water partition coefficient (Wildman–Crippen LogP) is 6.86. The lowest BCUT2D eigenvalue weighted by atomic mass is 10.1. The Kier molecular flexibility index (Phi) is 6.10. The van der Waals surface area contributed by atoms with Gasteiger partial charge in [-0.25, -0.2) is 4.52 Å². The van der Waals surface area contributed by atoms with Crippen LogP contribution in [0.4, 0.5) is 5.69 Å². The van der Waals surface area contributed by atoms with E-state index in [2.05, 4.69) is 38.2 Å². The summed E-state index contributed by atoms with van der Waals surface area (Å²) in [5, 5.41) is 9.88. The molecule has 2 aromatic heterocycles. The van der Waals surface area contributed by atoms with Crippen molar-refractivity contribution in [1.29, 1.82) is 0 Å². The molecule has 3 aromatic rings. The maximum absolute atomic E-state index is 6.45. The van der Waals surface area contributed by atoms with E-state index in [1.165, 1.54) is 0 Å². The van der Waals surface area contributed by atoms with Gasteiger partial charge in [0.05, 0.1) is 27.6 Å². The lowest BCUT2D eigenvalue weighted by molar-refractivity contribution is 0.622. The molecule has 1 aromatic carbocycles. The highest BCUT2D eigenvalue weighted by atomic mass is 35.5. The fourth-order valence-corrected chi connectivity index (χ4v) is 3.86. The fraction of sp³-hybridized carbons (Fsp3) is 0.381. The average molecular weight is 390 g/mol. The number of anilines is 1. The number of benzene rings is 1. The van der Waals surface area contributed by atoms with Crippen molar-refractivity contribution in [1.82, 2.24) is 9.61 Å². The molecule has 0 fully saturated rings. The zero-order valence-electron chi connectivity index (χ0n) is 15.5. The molecule has 1 atom stereocenters. The van der Waals surface area contributed by atoms with Gasteiger partial charge in [-0.2, -0.15) is 5.10 Å². The van der Waals surface area contributed by atoms with Gasteiger partial charge in [0.1, 0.15) is 0 Å². The first kappa shape index (κ1) is 19.1. The minimum atomic E-state index is 0.459. The van der Waals surface area contributed by atoms with Gasteiger partial charge in [-0.3, -0.25) is 0 Å². The number of pyridine rings is 1. The van der Waals surface area contributed by atoms with Crippen LogP contribution < -0.4 is 5.32 Å². The second-order valence-electron chi connectivity index (χ2n) is 6.55. The molecule has 1 N–H and O–H groups in total. The molecule has 3 rings (SSSR count). The number of fused-ring (bicyclic) bond motifs is 1. The number of hydrogen-bond donors (Lipinski definition) is 1. The third-order valence-electron chi connectivity index (χ3n) is 4.75. The summed E-state index contributed by atoms with van der Waals surface area (Å²) in [5.74, 6) is 0. The van der Waals surface area contributed by atoms with Crippen molar-refractivity contribution in [3.8, 4) is 11.3 Å². The van der Waals surface area contributed by atoms with Gasteiger partial charge >= 0.3 is 0 Å². The van der Waals surface area contributed by atoms with Crippen LogP contribution in [0.25, 0.3) is 16.8 Å². The van der Waals surface area contributed by atoms with Crippen LogP contribution in [-0.2, 0) is 6.42 Å². The first-order valence-corrected chi connectivity index (χ1v) is 10.1. The van der Waals surface area contributed by atoms with Gasteiger partial charge in [0, 0.05) is 16.6 Å². The summed E-state index contributed by atoms with van der Waals surface area (Å²) in [4.78, 5) is 0. The first-order chi connectivity index (χ1) is 12.6. The van der Waals surface area contributed by atoms with Crippen LogP contribution >= 0.6 is 23.2 Å². The fourth-order valence-electron chi connectivity index (χ4n) is 3.35. The number of halogens is 2. The third kappa shape index (κ3) is 3.70. The van der Waals surface area contributed by atoms with E-state index in [4.69, 9.17) is 28.3 Å². The molecule has 1 unspecified atom stereocenters. The van der Waals surface area contributed by atoms with Crippen LogP contribution in [0.1, 0.15) is 45.7 Å². The number of nitrogens with one attached hydrogen (secondary N) is 1. The predicted molar refractivity (Wildman–Crippen MR) is 113 cm³/mol. The summed E-state index contributed by atoms with van der Waals surface area (Å²) < 4.78 is 1.99. The minimum Gasteiger partial charge on any atom is -0.379 e. The highest BCUT2D eigenvalue weighted by Crippen LogP contribution is 2.33. The van der Waals surface area contributed by atoms with Crippen molar-refractivity contribution in [3.05, 3.63) is 52.1 Å². The maximum Gasteiger partial charge on any atom is 0.0903 e. The first-order valence-electron chi connectivity index (χ1n) is 9.31. The Morgan fingerprint density at radius 1 is 1.12 bits per heavy atom. The quantitative estimate of drug-likeness (QED) is 0.477. The second-order valence-corrected chi connectivity index (χ2v) is 7.39. The topological polar surface area (TPSA) is 29.3 Å². The van der Waals surface area contributed by atoms with Gasteiger partial charge in [-0.15, -0.1) is 0 Å². The summed E-state index contributed by atoms with van der Waals surface area (Å²) in [6.07, 6.45) is 4.29. The molecule has 0 aliphatic carbocycles. The van der Waals surface area contributed by atoms with E-state index in [0.29, 0.717) is 16.1 Å². The minimum absolute atomic E-state index is 0.459. The zero-order valence-corrected chi connectivity index (χ0v) is 17.0. The van der Waals surface area contributed by atoms with E-state index in [0.717, 1.165) is 53.8 Å². The molecule has 0 saturated carbocycles. The molecule has 0 amide bonds. The number of aromatic nitrogens is 2. The lowest BCUT2D eigenvalue weighted by Crippen LogP contribution is -2.18. The van der Waals surface area contributed by atoms with Crippen molar-refractivity contribution < 1.29 is 0 Å². The number of rotatable bonds is 7. The number of nitrogens with zero attached hydrogens (tertiary/aromatic N) is 2. The normalized spacial score (nSPS) is 12.5. The summed E-state index contributed by atoms with van der Waals surface area (Å²) in [6, 6.07) is 12.3. The number of aryl methyl sites for hydroxylation is 1. The van der Waals surface area contributed by atoms with Gasteiger partial charge in [0.25, 0.3) is 0 Å². The average Bonchev–Trinajstić information content (AvgIpc) is 2.99. The van der Waals surface area contributed by atoms with Gasteiger partial charge in [-0.05, 0) is 49.6 Å². The molecule has 3 nitrogen and oxygen atoms in total. The maximum atomic E-state index is 6.45. The highest BCUT2D eigenvalue weighted by Gasteiger charge is 2.17. The molecular weight excluding hydrogens is 365 g/mol. The van der Waals surface area contributed by atoms with E-state index in [1.54, 1.807) is 6.07 Å². The Labute approximate surface area is 165 Å². The van der Waals surface area contributed by atoms with Crippen molar-refractivity contribution >= 4 is 34.4 Å². The molecule has 0 aliphatic heterocycles. The molecular formula is C21H25Cl2N3. The Balaban J connectivity index is 2.14. The van der Waals surface area contributed by atoms with Crippen molar-refractivity contribution in [2.45, 2.75) is 52.5 Å². The Hall–Kier alpha value is -1.71. The van der Waals surface area contributed by atoms with Crippen molar-refractivity contribution in [2.24, 2.45) is 0 Å². The molecule has 0 spiro atoms. The molecule has 0 bridgehead atoms. The molecule has 138 valence electrons. The van der Waals surface area contributed by atoms with Crippen molar-refractivity contribution in [2.75, 3.05) is 5.32 Å². The van der Waals surface area contributed by atoms with Crippen molar-refractivity contribution in [3.63, 3.8) is 0 Å². The van der Waals surface area contributed by atoms with Gasteiger partial charge < -0.3 is 5.32 Å². The van der Waals surface area contributed by atoms with Gasteiger partial charge in [-0.1, -0.05) is 56.5 Å². The summed E-state index contributed by atoms with van der Waals surface area (Å²) in [5.41, 5.74) is 5.20. The largest absolute Gasteiger partial charge is 0.379 e. The van der Waals surface area contributed by atoms with Crippen LogP contribution in [0, 0.1) is 0 Å². The Bertz CT molecular complexity index is 902. The van der Waals surface area contributed by atoms with Crippen LogP contribution in [0.5, 0.6) is 0 Å². The standard InChI is InChI=1S/C21H25Cl2N3/c1-4-8-15(5-2)24-21-18(6-3)25-26-19(9-7-10-20(21)26)16-12-11-14(22)13-17(16)23/h7,9-13,15,24H,4-6,8H2,1-3H3. The summed E-state index contributed by atoms with van der Waals surface area (Å²) in [6.45, 7) is 6.59. The molecule has 0 radical (unpaired) electrons. The Morgan fingerprint density at radius 2 is 1.92 bits per heavy atom. The smallest absolute Gasteiger partial charge is 0.0903 e.